The van der Waals surface area contributed by atoms with E-state index in [-0.39, 0.29) is 11.7 Å². The third-order valence-electron chi connectivity index (χ3n) is 5.52. The normalized spacial score (nSPS) is 13.9. The molecule has 0 saturated carbocycles. The van der Waals surface area contributed by atoms with E-state index in [1.807, 2.05) is 4.90 Å². The number of nitrogens with zero attached hydrogens (tertiary/aromatic N) is 6. The lowest BCUT2D eigenvalue weighted by molar-refractivity contribution is -0.127. The minimum Gasteiger partial charge on any atom is -0.432 e. The Morgan fingerprint density at radius 2 is 2.03 bits per heavy atom. The van der Waals surface area contributed by atoms with Gasteiger partial charge in [-0.05, 0) is 43.2 Å². The summed E-state index contributed by atoms with van der Waals surface area (Å²) in [7, 11) is 0. The van der Waals surface area contributed by atoms with Gasteiger partial charge >= 0.3 is 5.84 Å². The highest BCUT2D eigenvalue weighted by Crippen LogP contribution is 2.32. The Balaban J connectivity index is 1.41. The fourth-order valence-corrected chi connectivity index (χ4v) is 3.93. The van der Waals surface area contributed by atoms with E-state index in [4.69, 9.17) is 10.3 Å². The van der Waals surface area contributed by atoms with E-state index >= 15 is 0 Å². The number of aromatic nitrogens is 4. The van der Waals surface area contributed by atoms with Crippen molar-refractivity contribution < 1.29 is 13.6 Å². The molecular weight excluding hydrogens is 413 g/mol. The highest BCUT2D eigenvalue weighted by Gasteiger charge is 2.21. The summed E-state index contributed by atoms with van der Waals surface area (Å²) in [5.41, 5.74) is 2.65. The van der Waals surface area contributed by atoms with Crippen molar-refractivity contribution in [2.45, 2.75) is 19.3 Å². The van der Waals surface area contributed by atoms with Gasteiger partial charge < -0.3 is 9.32 Å². The first-order valence-electron chi connectivity index (χ1n) is 10.4. The van der Waals surface area contributed by atoms with Crippen molar-refractivity contribution in [2.75, 3.05) is 24.6 Å². The molecule has 1 aliphatic rings. The SMILES string of the molecule is NN(CCCN1CCCC1=O)c1nccc(-c2c(-c3ccc(F)cc3)nc3occn23)n1. The highest BCUT2D eigenvalue weighted by atomic mass is 19.1. The maximum Gasteiger partial charge on any atom is 0.306 e. The molecule has 4 aromatic rings. The van der Waals surface area contributed by atoms with Crippen LogP contribution in [0, 0.1) is 5.82 Å². The fourth-order valence-electron chi connectivity index (χ4n) is 3.93. The first-order valence-corrected chi connectivity index (χ1v) is 10.4. The summed E-state index contributed by atoms with van der Waals surface area (Å²) in [6, 6.07) is 7.87. The molecule has 0 radical (unpaired) electrons. The third kappa shape index (κ3) is 3.80. The number of oxazole rings is 1. The molecule has 1 aliphatic heterocycles. The highest BCUT2D eigenvalue weighted by molar-refractivity contribution is 5.80. The van der Waals surface area contributed by atoms with Crippen LogP contribution in [0.25, 0.3) is 28.5 Å². The average molecular weight is 435 g/mol. The van der Waals surface area contributed by atoms with E-state index < -0.39 is 0 Å². The number of hydrazine groups is 1. The Morgan fingerprint density at radius 3 is 2.81 bits per heavy atom. The van der Waals surface area contributed by atoms with Crippen LogP contribution in [-0.2, 0) is 4.79 Å². The van der Waals surface area contributed by atoms with Gasteiger partial charge in [0.2, 0.25) is 11.9 Å². The van der Waals surface area contributed by atoms with Gasteiger partial charge in [0.1, 0.15) is 23.5 Å². The minimum absolute atomic E-state index is 0.199. The number of carbonyl (C=O) groups is 1. The third-order valence-corrected chi connectivity index (χ3v) is 5.52. The van der Waals surface area contributed by atoms with Crippen LogP contribution in [0.3, 0.4) is 0 Å². The lowest BCUT2D eigenvalue weighted by atomic mass is 10.1. The minimum atomic E-state index is -0.322. The molecule has 2 N–H and O–H groups in total. The number of amides is 1. The quantitative estimate of drug-likeness (QED) is 0.351. The molecule has 9 nitrogen and oxygen atoms in total. The molecule has 10 heteroatoms. The van der Waals surface area contributed by atoms with Crippen molar-refractivity contribution in [1.82, 2.24) is 24.3 Å². The van der Waals surface area contributed by atoms with Crippen molar-refractivity contribution >= 4 is 17.7 Å². The Labute approximate surface area is 183 Å². The average Bonchev–Trinajstić information content (AvgIpc) is 3.51. The zero-order valence-electron chi connectivity index (χ0n) is 17.3. The van der Waals surface area contributed by atoms with Crippen LogP contribution >= 0.6 is 0 Å². The molecule has 3 aromatic heterocycles. The monoisotopic (exact) mass is 435 g/mol. The standard InChI is InChI=1S/C22H22FN7O2/c23-16-6-4-15(5-7-16)19-20(29-13-14-32-22(29)27-19)17-8-9-25-21(26-17)30(24)12-2-11-28-10-1-3-18(28)31/h4-9,13-14H,1-3,10-12,24H2. The molecule has 164 valence electrons. The summed E-state index contributed by atoms with van der Waals surface area (Å²) in [6.45, 7) is 1.98. The number of halogens is 1. The number of rotatable bonds is 7. The summed E-state index contributed by atoms with van der Waals surface area (Å²) < 4.78 is 20.7. The van der Waals surface area contributed by atoms with Crippen molar-refractivity contribution in [3.8, 4) is 22.6 Å². The van der Waals surface area contributed by atoms with E-state index in [0.717, 1.165) is 24.9 Å². The van der Waals surface area contributed by atoms with Crippen LogP contribution in [-0.4, -0.2) is 49.8 Å². The second-order valence-corrected chi connectivity index (χ2v) is 7.64. The van der Waals surface area contributed by atoms with Crippen LogP contribution in [0.5, 0.6) is 0 Å². The van der Waals surface area contributed by atoms with Crippen LogP contribution in [0.1, 0.15) is 19.3 Å². The second kappa shape index (κ2) is 8.39. The maximum absolute atomic E-state index is 13.4. The zero-order valence-corrected chi connectivity index (χ0v) is 17.3. The van der Waals surface area contributed by atoms with Crippen molar-refractivity contribution in [2.24, 2.45) is 5.84 Å². The molecular formula is C22H22FN7O2. The van der Waals surface area contributed by atoms with Crippen LogP contribution in [0.4, 0.5) is 10.3 Å². The van der Waals surface area contributed by atoms with Gasteiger partial charge in [0.25, 0.3) is 0 Å². The van der Waals surface area contributed by atoms with Gasteiger partial charge in [-0.25, -0.2) is 20.2 Å². The van der Waals surface area contributed by atoms with E-state index in [1.54, 1.807) is 35.0 Å². The van der Waals surface area contributed by atoms with Gasteiger partial charge in [-0.3, -0.25) is 14.2 Å². The summed E-state index contributed by atoms with van der Waals surface area (Å²) in [5, 5.41) is 1.48. The molecule has 32 heavy (non-hydrogen) atoms. The molecule has 1 saturated heterocycles. The number of nitrogens with two attached hydrogens (primary N) is 1. The molecule has 0 unspecified atom stereocenters. The number of fused-ring (bicyclic) bond motifs is 1. The second-order valence-electron chi connectivity index (χ2n) is 7.64. The first kappa shape index (κ1) is 20.1. The number of imidazole rings is 1. The summed E-state index contributed by atoms with van der Waals surface area (Å²) >= 11 is 0. The van der Waals surface area contributed by atoms with Crippen molar-refractivity contribution in [3.05, 3.63) is 54.8 Å². The van der Waals surface area contributed by atoms with Gasteiger partial charge in [0.15, 0.2) is 0 Å². The first-order chi connectivity index (χ1) is 15.6. The summed E-state index contributed by atoms with van der Waals surface area (Å²) in [5.74, 6) is 6.86. The summed E-state index contributed by atoms with van der Waals surface area (Å²) in [6.07, 6.45) is 7.18. The number of carbonyl (C=O) groups excluding carboxylic acids is 1. The molecule has 1 aromatic carbocycles. The van der Waals surface area contributed by atoms with E-state index in [0.29, 0.717) is 48.4 Å². The smallest absolute Gasteiger partial charge is 0.306 e. The lowest BCUT2D eigenvalue weighted by Gasteiger charge is -2.20. The number of benzene rings is 1. The maximum atomic E-state index is 13.4. The van der Waals surface area contributed by atoms with Gasteiger partial charge in [-0.15, -0.1) is 0 Å². The van der Waals surface area contributed by atoms with E-state index in [1.165, 1.54) is 23.4 Å². The van der Waals surface area contributed by atoms with Crippen molar-refractivity contribution in [1.29, 1.82) is 0 Å². The molecule has 0 aliphatic carbocycles. The van der Waals surface area contributed by atoms with Crippen LogP contribution < -0.4 is 10.9 Å². The largest absolute Gasteiger partial charge is 0.432 e. The molecule has 0 bridgehead atoms. The predicted octanol–water partition coefficient (Wildman–Crippen LogP) is 2.88. The molecule has 1 amide bonds. The number of likely N-dealkylation sites (tertiary alicyclic amines) is 1. The van der Waals surface area contributed by atoms with Gasteiger partial charge in [-0.1, -0.05) is 0 Å². The van der Waals surface area contributed by atoms with Crippen LogP contribution in [0.15, 0.2) is 53.4 Å². The van der Waals surface area contributed by atoms with Gasteiger partial charge in [0.05, 0.1) is 5.69 Å². The summed E-state index contributed by atoms with van der Waals surface area (Å²) in [4.78, 5) is 27.1. The Morgan fingerprint density at radius 1 is 1.19 bits per heavy atom. The predicted molar refractivity (Wildman–Crippen MR) is 116 cm³/mol. The number of hydrogen-bond acceptors (Lipinski definition) is 7. The molecule has 4 heterocycles. The van der Waals surface area contributed by atoms with Crippen molar-refractivity contribution in [3.63, 3.8) is 0 Å². The van der Waals surface area contributed by atoms with E-state index in [2.05, 4.69) is 15.0 Å². The Hall–Kier alpha value is -3.79. The zero-order chi connectivity index (χ0) is 22.1. The molecule has 0 atom stereocenters. The molecule has 0 spiro atoms. The van der Waals surface area contributed by atoms with Gasteiger partial charge in [-0.2, -0.15) is 4.98 Å². The lowest BCUT2D eigenvalue weighted by Crippen LogP contribution is -2.36. The van der Waals surface area contributed by atoms with Crippen LogP contribution in [0.2, 0.25) is 0 Å². The van der Waals surface area contributed by atoms with Gasteiger partial charge in [0, 0.05) is 44.0 Å². The number of anilines is 1. The van der Waals surface area contributed by atoms with E-state index in [9.17, 15) is 9.18 Å². The Kier molecular flexibility index (Phi) is 5.28. The Bertz CT molecular complexity index is 1250. The molecule has 1 fully saturated rings. The number of hydrogen-bond donors (Lipinski definition) is 1. The topological polar surface area (TPSA) is 106 Å². The fraction of sp³-hybridized carbons (Fsp3) is 0.273. The molecule has 5 rings (SSSR count).